The van der Waals surface area contributed by atoms with Crippen molar-refractivity contribution in [2.45, 2.75) is 63.2 Å². The molecule has 1 saturated carbocycles. The minimum Gasteiger partial charge on any atom is -0.349 e. The Hall–Kier alpha value is -1.40. The van der Waals surface area contributed by atoms with Crippen molar-refractivity contribution in [3.8, 4) is 0 Å². The molecule has 1 aliphatic carbocycles. The van der Waals surface area contributed by atoms with Crippen molar-refractivity contribution in [1.29, 1.82) is 0 Å². The number of hydrogen-bond acceptors (Lipinski definition) is 3. The highest BCUT2D eigenvalue weighted by molar-refractivity contribution is 7.88. The van der Waals surface area contributed by atoms with Gasteiger partial charge in [0.25, 0.3) is 5.91 Å². The van der Waals surface area contributed by atoms with Crippen molar-refractivity contribution < 1.29 is 13.2 Å². The SMILES string of the molecule is O=C(NC1CCCCC1)c1ccc(CS(=O)(=O)N2CCCCC2)cc1. The molecule has 1 aromatic rings. The fraction of sp³-hybridized carbons (Fsp3) is 0.632. The molecule has 5 nitrogen and oxygen atoms in total. The second-order valence-electron chi connectivity index (χ2n) is 7.22. The fourth-order valence-electron chi connectivity index (χ4n) is 3.71. The lowest BCUT2D eigenvalue weighted by atomic mass is 9.95. The predicted molar refractivity (Wildman–Crippen MR) is 98.8 cm³/mol. The van der Waals surface area contributed by atoms with Gasteiger partial charge in [-0.25, -0.2) is 12.7 Å². The van der Waals surface area contributed by atoms with E-state index in [0.29, 0.717) is 18.7 Å². The van der Waals surface area contributed by atoms with E-state index in [9.17, 15) is 13.2 Å². The Morgan fingerprint density at radius 2 is 1.56 bits per heavy atom. The van der Waals surface area contributed by atoms with E-state index in [1.54, 1.807) is 28.6 Å². The number of nitrogens with zero attached hydrogens (tertiary/aromatic N) is 1. The Bertz CT molecular complexity index is 673. The Labute approximate surface area is 150 Å². The van der Waals surface area contributed by atoms with Gasteiger partial charge in [-0.2, -0.15) is 0 Å². The quantitative estimate of drug-likeness (QED) is 0.873. The highest BCUT2D eigenvalue weighted by atomic mass is 32.2. The molecule has 138 valence electrons. The first-order chi connectivity index (χ1) is 12.0. The zero-order chi connectivity index (χ0) is 17.7. The Balaban J connectivity index is 1.58. The number of nitrogens with one attached hydrogen (secondary N) is 1. The lowest BCUT2D eigenvalue weighted by molar-refractivity contribution is 0.0927. The molecule has 0 bridgehead atoms. The van der Waals surface area contributed by atoms with E-state index >= 15 is 0 Å². The second kappa shape index (κ2) is 8.32. The molecule has 1 aliphatic heterocycles. The number of hydrogen-bond donors (Lipinski definition) is 1. The average Bonchev–Trinajstić information content (AvgIpc) is 2.63. The van der Waals surface area contributed by atoms with Gasteiger partial charge in [0.1, 0.15) is 0 Å². The van der Waals surface area contributed by atoms with E-state index in [2.05, 4.69) is 5.32 Å². The molecule has 25 heavy (non-hydrogen) atoms. The fourth-order valence-corrected chi connectivity index (χ4v) is 5.32. The number of amides is 1. The van der Waals surface area contributed by atoms with Crippen molar-refractivity contribution in [2.75, 3.05) is 13.1 Å². The van der Waals surface area contributed by atoms with E-state index in [1.807, 2.05) is 0 Å². The summed E-state index contributed by atoms with van der Waals surface area (Å²) in [6.45, 7) is 1.26. The number of piperidine rings is 1. The molecule has 2 aliphatic rings. The molecule has 1 aromatic carbocycles. The molecule has 3 rings (SSSR count). The number of rotatable bonds is 5. The maximum Gasteiger partial charge on any atom is 0.251 e. The first-order valence-electron chi connectivity index (χ1n) is 9.42. The third kappa shape index (κ3) is 5.05. The van der Waals surface area contributed by atoms with Gasteiger partial charge in [-0.1, -0.05) is 37.8 Å². The molecule has 0 aromatic heterocycles. The van der Waals surface area contributed by atoms with Crippen molar-refractivity contribution in [3.63, 3.8) is 0 Å². The van der Waals surface area contributed by atoms with Crippen LogP contribution >= 0.6 is 0 Å². The summed E-state index contributed by atoms with van der Waals surface area (Å²) < 4.78 is 26.6. The van der Waals surface area contributed by atoms with Crippen LogP contribution in [0.25, 0.3) is 0 Å². The van der Waals surface area contributed by atoms with Crippen molar-refractivity contribution in [1.82, 2.24) is 9.62 Å². The summed E-state index contributed by atoms with van der Waals surface area (Å²) in [6.07, 6.45) is 8.72. The predicted octanol–water partition coefficient (Wildman–Crippen LogP) is 3.06. The van der Waals surface area contributed by atoms with E-state index in [1.165, 1.54) is 19.3 Å². The van der Waals surface area contributed by atoms with Crippen LogP contribution in [0.4, 0.5) is 0 Å². The molecule has 0 spiro atoms. The summed E-state index contributed by atoms with van der Waals surface area (Å²) in [6, 6.07) is 7.27. The van der Waals surface area contributed by atoms with Crippen LogP contribution in [0.1, 0.15) is 67.3 Å². The monoisotopic (exact) mass is 364 g/mol. The first kappa shape index (κ1) is 18.4. The minimum atomic E-state index is -3.26. The molecule has 0 unspecified atom stereocenters. The zero-order valence-corrected chi connectivity index (χ0v) is 15.6. The van der Waals surface area contributed by atoms with Crippen LogP contribution < -0.4 is 5.32 Å². The van der Waals surface area contributed by atoms with Crippen LogP contribution in [0.15, 0.2) is 24.3 Å². The molecular formula is C19H28N2O3S. The van der Waals surface area contributed by atoms with E-state index < -0.39 is 10.0 Å². The molecule has 1 amide bonds. The van der Waals surface area contributed by atoms with Crippen LogP contribution in [-0.4, -0.2) is 37.8 Å². The molecule has 0 atom stereocenters. The topological polar surface area (TPSA) is 66.5 Å². The van der Waals surface area contributed by atoms with Gasteiger partial charge in [0.2, 0.25) is 10.0 Å². The first-order valence-corrected chi connectivity index (χ1v) is 11.0. The van der Waals surface area contributed by atoms with Crippen LogP contribution in [-0.2, 0) is 15.8 Å². The second-order valence-corrected chi connectivity index (χ2v) is 9.19. The van der Waals surface area contributed by atoms with E-state index in [4.69, 9.17) is 0 Å². The maximum absolute atomic E-state index is 12.5. The number of carbonyl (C=O) groups excluding carboxylic acids is 1. The molecule has 1 saturated heterocycles. The normalized spacial score (nSPS) is 20.3. The van der Waals surface area contributed by atoms with Gasteiger partial charge >= 0.3 is 0 Å². The highest BCUT2D eigenvalue weighted by Gasteiger charge is 2.24. The number of benzene rings is 1. The summed E-state index contributed by atoms with van der Waals surface area (Å²) in [5.41, 5.74) is 1.34. The van der Waals surface area contributed by atoms with Gasteiger partial charge in [-0.15, -0.1) is 0 Å². The standard InChI is InChI=1S/C19H28N2O3S/c22-19(20-18-7-3-1-4-8-18)17-11-9-16(10-12-17)15-25(23,24)21-13-5-2-6-14-21/h9-12,18H,1-8,13-15H2,(H,20,22). The highest BCUT2D eigenvalue weighted by Crippen LogP contribution is 2.19. The molecule has 1 N–H and O–H groups in total. The third-order valence-electron chi connectivity index (χ3n) is 5.21. The van der Waals surface area contributed by atoms with E-state index in [0.717, 1.165) is 37.7 Å². The molecule has 1 heterocycles. The maximum atomic E-state index is 12.5. The van der Waals surface area contributed by atoms with Crippen molar-refractivity contribution >= 4 is 15.9 Å². The summed E-state index contributed by atoms with van der Waals surface area (Å²) in [5, 5.41) is 3.09. The van der Waals surface area contributed by atoms with Crippen LogP contribution in [0.2, 0.25) is 0 Å². The Morgan fingerprint density at radius 1 is 0.960 bits per heavy atom. The minimum absolute atomic E-state index is 0.0114. The third-order valence-corrected chi connectivity index (χ3v) is 7.06. The van der Waals surface area contributed by atoms with Gasteiger partial charge < -0.3 is 5.32 Å². The van der Waals surface area contributed by atoms with Crippen LogP contribution in [0.5, 0.6) is 0 Å². The molecule has 2 fully saturated rings. The summed E-state index contributed by atoms with van der Waals surface area (Å²) in [7, 11) is -3.26. The van der Waals surface area contributed by atoms with Crippen molar-refractivity contribution in [2.24, 2.45) is 0 Å². The summed E-state index contributed by atoms with van der Waals surface area (Å²) >= 11 is 0. The molecule has 0 radical (unpaired) electrons. The summed E-state index contributed by atoms with van der Waals surface area (Å²) in [5.74, 6) is -0.0466. The van der Waals surface area contributed by atoms with Crippen LogP contribution in [0.3, 0.4) is 0 Å². The van der Waals surface area contributed by atoms with Gasteiger partial charge in [0, 0.05) is 24.7 Å². The van der Waals surface area contributed by atoms with Gasteiger partial charge in [-0.05, 0) is 43.4 Å². The Kier molecular flexibility index (Phi) is 6.12. The molecular weight excluding hydrogens is 336 g/mol. The Morgan fingerprint density at radius 3 is 2.20 bits per heavy atom. The van der Waals surface area contributed by atoms with Gasteiger partial charge in [0.15, 0.2) is 0 Å². The zero-order valence-electron chi connectivity index (χ0n) is 14.7. The van der Waals surface area contributed by atoms with E-state index in [-0.39, 0.29) is 17.7 Å². The lowest BCUT2D eigenvalue weighted by Crippen LogP contribution is -2.36. The van der Waals surface area contributed by atoms with Crippen molar-refractivity contribution in [3.05, 3.63) is 35.4 Å². The number of sulfonamides is 1. The summed E-state index contributed by atoms with van der Waals surface area (Å²) in [4.78, 5) is 12.3. The lowest BCUT2D eigenvalue weighted by Gasteiger charge is -2.26. The van der Waals surface area contributed by atoms with Gasteiger partial charge in [-0.3, -0.25) is 4.79 Å². The van der Waals surface area contributed by atoms with Crippen LogP contribution in [0, 0.1) is 0 Å². The largest absolute Gasteiger partial charge is 0.349 e. The number of carbonyl (C=O) groups is 1. The van der Waals surface area contributed by atoms with Gasteiger partial charge in [0.05, 0.1) is 5.75 Å². The average molecular weight is 365 g/mol. The molecule has 6 heteroatoms. The smallest absolute Gasteiger partial charge is 0.251 e.